The van der Waals surface area contributed by atoms with Crippen LogP contribution in [0.2, 0.25) is 0 Å². The van der Waals surface area contributed by atoms with Crippen molar-refractivity contribution in [2.75, 3.05) is 0 Å². The highest BCUT2D eigenvalue weighted by Crippen LogP contribution is 1.72. The van der Waals surface area contributed by atoms with Crippen molar-refractivity contribution >= 4 is 5.69 Å². The summed E-state index contributed by atoms with van der Waals surface area (Å²) in [6.45, 7) is 0. The van der Waals surface area contributed by atoms with Crippen LogP contribution in [0.15, 0.2) is 15.8 Å². The van der Waals surface area contributed by atoms with Crippen molar-refractivity contribution in [2.45, 2.75) is 0 Å². The van der Waals surface area contributed by atoms with E-state index in [9.17, 15) is 9.59 Å². The van der Waals surface area contributed by atoms with E-state index in [1.807, 2.05) is 4.98 Å². The predicted octanol–water partition coefficient (Wildman–Crippen LogP) is -2.28. The third-order valence-corrected chi connectivity index (χ3v) is 0.848. The van der Waals surface area contributed by atoms with Crippen LogP contribution in [-0.4, -0.2) is 9.97 Å². The Morgan fingerprint density at radius 3 is 2.56 bits per heavy atom. The first kappa shape index (κ1) is 5.77. The van der Waals surface area contributed by atoms with Gasteiger partial charge in [0.2, 0.25) is 0 Å². The molecule has 0 saturated carbocycles. The molecule has 0 aliphatic carbocycles. The van der Waals surface area contributed by atoms with Crippen LogP contribution in [0, 0.1) is 0 Å². The molecule has 4 N–H and O–H groups in total. The number of anilines is 1. The fourth-order valence-corrected chi connectivity index (χ4v) is 0.420. The Bertz CT molecular complexity index is 310. The van der Waals surface area contributed by atoms with Gasteiger partial charge in [-0.1, -0.05) is 0 Å². The van der Waals surface area contributed by atoms with E-state index in [4.69, 9.17) is 5.73 Å². The Labute approximate surface area is 49.5 Å². The zero-order chi connectivity index (χ0) is 6.85. The molecule has 1 aromatic rings. The van der Waals surface area contributed by atoms with Gasteiger partial charge in [0.05, 0.1) is 6.20 Å². The van der Waals surface area contributed by atoms with E-state index in [2.05, 4.69) is 4.98 Å². The topological polar surface area (TPSA) is 91.0 Å². The number of nitrogen functional groups attached to an aromatic ring is 1. The molecule has 1 aromatic heterocycles. The van der Waals surface area contributed by atoms with E-state index >= 15 is 0 Å². The molecule has 0 unspecified atom stereocenters. The fraction of sp³-hybridized carbons (Fsp3) is 0. The zero-order valence-corrected chi connectivity index (χ0v) is 4.47. The van der Waals surface area contributed by atoms with Crippen LogP contribution in [0.25, 0.3) is 0 Å². The highest BCUT2D eigenvalue weighted by molar-refractivity contribution is 5.16. The minimum absolute atomic E-state index is 0.00889. The number of aromatic amines is 2. The zero-order valence-electron chi connectivity index (χ0n) is 4.47. The molecule has 1 heterocycles. The normalized spacial score (nSPS) is 9.44. The summed E-state index contributed by atoms with van der Waals surface area (Å²) in [6, 6.07) is 0. The SMILES string of the molecule is [NH2+]c1c[nH]c(=O)[nH]c1=O. The smallest absolute Gasteiger partial charge is 0.308 e. The van der Waals surface area contributed by atoms with Gasteiger partial charge in [-0.05, 0) is 0 Å². The summed E-state index contributed by atoms with van der Waals surface area (Å²) in [4.78, 5) is 24.9. The van der Waals surface area contributed by atoms with Gasteiger partial charge in [-0.3, -0.25) is 9.78 Å². The molecule has 5 nitrogen and oxygen atoms in total. The van der Waals surface area contributed by atoms with E-state index in [0.717, 1.165) is 6.20 Å². The fourth-order valence-electron chi connectivity index (χ4n) is 0.420. The average molecular weight is 127 g/mol. The van der Waals surface area contributed by atoms with E-state index < -0.39 is 11.2 Å². The maximum atomic E-state index is 10.4. The Morgan fingerprint density at radius 2 is 2.11 bits per heavy atom. The van der Waals surface area contributed by atoms with Gasteiger partial charge >= 0.3 is 11.2 Å². The summed E-state index contributed by atoms with van der Waals surface area (Å²) in [7, 11) is 0. The molecule has 5 heteroatoms. The third-order valence-electron chi connectivity index (χ3n) is 0.848. The van der Waals surface area contributed by atoms with Gasteiger partial charge in [-0.15, -0.1) is 0 Å². The maximum Gasteiger partial charge on any atom is 0.326 e. The van der Waals surface area contributed by atoms with Crippen molar-refractivity contribution < 1.29 is 5.73 Å². The first-order chi connectivity index (χ1) is 4.20. The van der Waals surface area contributed by atoms with Crippen LogP contribution in [0.4, 0.5) is 5.69 Å². The molecule has 0 spiro atoms. The lowest BCUT2D eigenvalue weighted by atomic mass is 10.6. The van der Waals surface area contributed by atoms with Crippen molar-refractivity contribution in [3.8, 4) is 0 Å². The summed E-state index contributed by atoms with van der Waals surface area (Å²) in [5.74, 6) is 0. The molecule has 0 bridgehead atoms. The maximum absolute atomic E-state index is 10.4. The molecule has 0 amide bonds. The summed E-state index contributed by atoms with van der Waals surface area (Å²) < 4.78 is 0. The highest BCUT2D eigenvalue weighted by Gasteiger charge is 1.96. The van der Waals surface area contributed by atoms with Crippen molar-refractivity contribution in [1.29, 1.82) is 0 Å². The minimum Gasteiger partial charge on any atom is -0.308 e. The Morgan fingerprint density at radius 1 is 1.44 bits per heavy atom. The summed E-state index contributed by atoms with van der Waals surface area (Å²) in [6.07, 6.45) is 1.15. The lowest BCUT2D eigenvalue weighted by Gasteiger charge is -1.78. The van der Waals surface area contributed by atoms with E-state index in [1.165, 1.54) is 0 Å². The van der Waals surface area contributed by atoms with Crippen LogP contribution in [-0.2, 0) is 0 Å². The first-order valence-corrected chi connectivity index (χ1v) is 2.27. The molecule has 0 aliphatic heterocycles. The number of nitrogens with one attached hydrogen (secondary N) is 2. The van der Waals surface area contributed by atoms with Gasteiger partial charge in [0, 0.05) is 0 Å². The Balaban J connectivity index is 3.52. The minimum atomic E-state index is -0.557. The molecular formula is C4H5N3O2+. The number of hydrogen-bond donors (Lipinski definition) is 3. The van der Waals surface area contributed by atoms with Crippen molar-refractivity contribution in [3.63, 3.8) is 0 Å². The molecule has 0 aromatic carbocycles. The standard InChI is InChI=1S/C4H5N3O2/c5-2-1-6-4(9)7-3(2)8/h1H,5H2,(H2,6,7,8,9)/q+1. The van der Waals surface area contributed by atoms with Gasteiger partial charge < -0.3 is 4.98 Å². The predicted molar refractivity (Wildman–Crippen MR) is 29.3 cm³/mol. The average Bonchev–Trinajstić information content (AvgIpc) is 1.80. The third kappa shape index (κ3) is 1.06. The highest BCUT2D eigenvalue weighted by atomic mass is 16.2. The second kappa shape index (κ2) is 1.87. The molecule has 47 valence electrons. The number of rotatable bonds is 0. The first-order valence-electron chi connectivity index (χ1n) is 2.27. The Hall–Kier alpha value is -1.36. The molecule has 1 rings (SSSR count). The Kier molecular flexibility index (Phi) is 1.20. The molecule has 1 radical (unpaired) electrons. The van der Waals surface area contributed by atoms with Crippen LogP contribution >= 0.6 is 0 Å². The van der Waals surface area contributed by atoms with Crippen molar-refractivity contribution in [3.05, 3.63) is 27.0 Å². The molecule has 0 fully saturated rings. The summed E-state index contributed by atoms with van der Waals surface area (Å²) in [5.41, 5.74) is 3.98. The number of nitrogens with two attached hydrogens (primary N) is 1. The number of H-pyrrole nitrogens is 2. The number of hydrogen-bond acceptors (Lipinski definition) is 3. The van der Waals surface area contributed by atoms with Crippen LogP contribution in [0.3, 0.4) is 0 Å². The van der Waals surface area contributed by atoms with E-state index in [1.54, 1.807) is 0 Å². The van der Waals surface area contributed by atoms with E-state index in [-0.39, 0.29) is 5.69 Å². The van der Waals surface area contributed by atoms with Gasteiger partial charge in [-0.25, -0.2) is 4.79 Å². The lowest BCUT2D eigenvalue weighted by Crippen LogP contribution is -2.47. The molecule has 0 atom stereocenters. The summed E-state index contributed by atoms with van der Waals surface area (Å²) in [5, 5.41) is 0. The summed E-state index contributed by atoms with van der Waals surface area (Å²) >= 11 is 0. The van der Waals surface area contributed by atoms with Gasteiger partial charge in [-0.2, -0.15) is 5.73 Å². The largest absolute Gasteiger partial charge is 0.326 e. The second-order valence-corrected chi connectivity index (χ2v) is 1.53. The molecule has 9 heavy (non-hydrogen) atoms. The monoisotopic (exact) mass is 127 g/mol. The number of aromatic nitrogens is 2. The van der Waals surface area contributed by atoms with Gasteiger partial charge in [0.15, 0.2) is 0 Å². The van der Waals surface area contributed by atoms with Crippen LogP contribution < -0.4 is 17.0 Å². The molecular weight excluding hydrogens is 122 g/mol. The van der Waals surface area contributed by atoms with Crippen molar-refractivity contribution in [1.82, 2.24) is 9.97 Å². The van der Waals surface area contributed by atoms with Gasteiger partial charge in [0.25, 0.3) is 5.69 Å². The second-order valence-electron chi connectivity index (χ2n) is 1.53. The van der Waals surface area contributed by atoms with E-state index in [0.29, 0.717) is 0 Å². The van der Waals surface area contributed by atoms with Crippen molar-refractivity contribution in [2.24, 2.45) is 0 Å². The quantitative estimate of drug-likeness (QED) is 0.366. The molecule has 0 aliphatic rings. The van der Waals surface area contributed by atoms with Crippen LogP contribution in [0.5, 0.6) is 0 Å². The lowest BCUT2D eigenvalue weighted by molar-refractivity contribution is -0.257. The van der Waals surface area contributed by atoms with Crippen LogP contribution in [0.1, 0.15) is 0 Å². The molecule has 0 saturated heterocycles. The van der Waals surface area contributed by atoms with Gasteiger partial charge in [0.1, 0.15) is 0 Å².